The van der Waals surface area contributed by atoms with Gasteiger partial charge in [-0.1, -0.05) is 18.2 Å². The molecule has 2 heterocycles. The number of ether oxygens (including phenoxy) is 2. The van der Waals surface area contributed by atoms with Crippen LogP contribution in [0, 0.1) is 13.8 Å². The van der Waals surface area contributed by atoms with Crippen molar-refractivity contribution in [1.82, 2.24) is 15.3 Å². The first-order valence-electron chi connectivity index (χ1n) is 8.78. The smallest absolute Gasteiger partial charge is 0.325 e. The van der Waals surface area contributed by atoms with Gasteiger partial charge in [-0.25, -0.2) is 9.78 Å². The highest BCUT2D eigenvalue weighted by molar-refractivity contribution is 6.31. The molecule has 3 rings (SSSR count). The highest BCUT2D eigenvalue weighted by atomic mass is 35.5. The maximum absolute atomic E-state index is 12.4. The van der Waals surface area contributed by atoms with Crippen LogP contribution in [-0.4, -0.2) is 41.8 Å². The Labute approximate surface area is 168 Å². The Balaban J connectivity index is 1.73. The molecule has 1 aromatic carbocycles. The van der Waals surface area contributed by atoms with Crippen molar-refractivity contribution >= 4 is 29.1 Å². The first-order chi connectivity index (χ1) is 13.4. The average molecular weight is 404 g/mol. The van der Waals surface area contributed by atoms with Crippen LogP contribution in [0.15, 0.2) is 36.9 Å². The van der Waals surface area contributed by atoms with Crippen molar-refractivity contribution in [3.05, 3.63) is 53.1 Å². The number of rotatable bonds is 5. The zero-order chi connectivity index (χ0) is 20.1. The minimum atomic E-state index is -0.496. The van der Waals surface area contributed by atoms with Gasteiger partial charge in [-0.15, -0.1) is 0 Å². The molecule has 1 fully saturated rings. The van der Waals surface area contributed by atoms with Gasteiger partial charge >= 0.3 is 6.03 Å². The van der Waals surface area contributed by atoms with E-state index in [2.05, 4.69) is 32.5 Å². The van der Waals surface area contributed by atoms with Crippen LogP contribution in [0.25, 0.3) is 0 Å². The molecule has 2 aromatic rings. The Morgan fingerprint density at radius 2 is 2.14 bits per heavy atom. The molecule has 0 unspecified atom stereocenters. The lowest BCUT2D eigenvalue weighted by molar-refractivity contribution is 0.0309. The van der Waals surface area contributed by atoms with Crippen LogP contribution in [0.4, 0.5) is 16.3 Å². The van der Waals surface area contributed by atoms with Crippen LogP contribution >= 0.6 is 11.6 Å². The maximum Gasteiger partial charge on any atom is 0.325 e. The number of amides is 2. The molecule has 1 saturated heterocycles. The lowest BCUT2D eigenvalue weighted by atomic mass is 10.2. The van der Waals surface area contributed by atoms with E-state index in [1.807, 2.05) is 13.8 Å². The molecule has 1 atom stereocenters. The monoisotopic (exact) mass is 403 g/mol. The molecule has 0 aliphatic carbocycles. The Morgan fingerprint density at radius 3 is 2.82 bits per heavy atom. The van der Waals surface area contributed by atoms with Crippen LogP contribution in [0.2, 0.25) is 5.02 Å². The largest absolute Gasteiger partial charge is 0.457 e. The third-order valence-corrected chi connectivity index (χ3v) is 4.47. The van der Waals surface area contributed by atoms with Crippen molar-refractivity contribution in [2.45, 2.75) is 20.0 Å². The number of hydrogen-bond acceptors (Lipinski definition) is 6. The molecule has 1 aliphatic rings. The number of hydrogen-bond donors (Lipinski definition) is 3. The Kier molecular flexibility index (Phi) is 6.45. The normalized spacial score (nSPS) is 16.3. The first-order valence-corrected chi connectivity index (χ1v) is 9.16. The second kappa shape index (κ2) is 9.01. The van der Waals surface area contributed by atoms with E-state index in [-0.39, 0.29) is 6.10 Å². The van der Waals surface area contributed by atoms with Crippen LogP contribution in [0.5, 0.6) is 5.75 Å². The van der Waals surface area contributed by atoms with Crippen molar-refractivity contribution in [1.29, 1.82) is 0 Å². The summed E-state index contributed by atoms with van der Waals surface area (Å²) in [6.45, 7) is 9.60. The van der Waals surface area contributed by atoms with Crippen molar-refractivity contribution < 1.29 is 14.3 Å². The van der Waals surface area contributed by atoms with E-state index >= 15 is 0 Å². The Hall–Kier alpha value is -2.68. The number of benzene rings is 1. The summed E-state index contributed by atoms with van der Waals surface area (Å²) in [7, 11) is 0. The number of nitrogens with one attached hydrogen (secondary N) is 3. The van der Waals surface area contributed by atoms with Crippen molar-refractivity contribution in [3.8, 4) is 5.75 Å². The van der Waals surface area contributed by atoms with Gasteiger partial charge in [0.25, 0.3) is 0 Å². The average Bonchev–Trinajstić information content (AvgIpc) is 2.68. The van der Waals surface area contributed by atoms with Gasteiger partial charge < -0.3 is 20.1 Å². The second-order valence-corrected chi connectivity index (χ2v) is 6.76. The fourth-order valence-electron chi connectivity index (χ4n) is 2.54. The molecule has 2 amide bonds. The van der Waals surface area contributed by atoms with E-state index in [0.717, 1.165) is 17.8 Å². The topological polar surface area (TPSA) is 97.4 Å². The van der Waals surface area contributed by atoms with Crippen LogP contribution in [-0.2, 0) is 4.74 Å². The van der Waals surface area contributed by atoms with Gasteiger partial charge in [0.1, 0.15) is 11.9 Å². The van der Waals surface area contributed by atoms with Crippen molar-refractivity contribution in [2.75, 3.05) is 30.3 Å². The van der Waals surface area contributed by atoms with Gasteiger partial charge in [0.15, 0.2) is 11.6 Å². The molecule has 0 bridgehead atoms. The molecular formula is C19H22ClN5O3. The molecule has 0 saturated carbocycles. The lowest BCUT2D eigenvalue weighted by Crippen LogP contribution is -2.40. The maximum atomic E-state index is 12.4. The van der Waals surface area contributed by atoms with Crippen LogP contribution in [0.1, 0.15) is 11.3 Å². The minimum Gasteiger partial charge on any atom is -0.457 e. The second-order valence-electron chi connectivity index (χ2n) is 6.35. The number of urea groups is 1. The number of anilines is 2. The molecule has 8 nitrogen and oxygen atoms in total. The van der Waals surface area contributed by atoms with E-state index in [4.69, 9.17) is 21.1 Å². The highest BCUT2D eigenvalue weighted by Gasteiger charge is 2.20. The van der Waals surface area contributed by atoms with Gasteiger partial charge in [0, 0.05) is 18.1 Å². The van der Waals surface area contributed by atoms with Gasteiger partial charge in [-0.05, 0) is 31.5 Å². The molecule has 1 aromatic heterocycles. The summed E-state index contributed by atoms with van der Waals surface area (Å²) in [5.74, 6) is 1.20. The summed E-state index contributed by atoms with van der Waals surface area (Å²) < 4.78 is 11.5. The molecule has 0 spiro atoms. The molecule has 9 heteroatoms. The number of nitrogens with zero attached hydrogens (tertiary/aromatic N) is 2. The zero-order valence-corrected chi connectivity index (χ0v) is 16.5. The van der Waals surface area contributed by atoms with Gasteiger partial charge in [-0.3, -0.25) is 10.3 Å². The van der Waals surface area contributed by atoms with E-state index in [9.17, 15) is 4.79 Å². The molecule has 148 valence electrons. The summed E-state index contributed by atoms with van der Waals surface area (Å²) in [4.78, 5) is 20.5. The number of halogens is 1. The quantitative estimate of drug-likeness (QED) is 0.663. The van der Waals surface area contributed by atoms with Gasteiger partial charge in [0.2, 0.25) is 0 Å². The summed E-state index contributed by atoms with van der Waals surface area (Å²) in [5, 5.41) is 9.06. The predicted octanol–water partition coefficient (Wildman–Crippen LogP) is 3.27. The minimum absolute atomic E-state index is 0.269. The predicted molar refractivity (Wildman–Crippen MR) is 108 cm³/mol. The number of aromatic nitrogens is 2. The molecule has 28 heavy (non-hydrogen) atoms. The highest BCUT2D eigenvalue weighted by Crippen LogP contribution is 2.33. The fraction of sp³-hybridized carbons (Fsp3) is 0.316. The Morgan fingerprint density at radius 1 is 1.32 bits per heavy atom. The third-order valence-electron chi connectivity index (χ3n) is 4.06. The summed E-state index contributed by atoms with van der Waals surface area (Å²) in [6.07, 6.45) is 2.77. The third kappa shape index (κ3) is 5.19. The fourth-order valence-corrected chi connectivity index (χ4v) is 2.71. The van der Waals surface area contributed by atoms with Crippen LogP contribution < -0.4 is 20.7 Å². The van der Waals surface area contributed by atoms with E-state index < -0.39 is 6.03 Å². The number of aryl methyl sites for hydroxylation is 2. The molecular weight excluding hydrogens is 382 g/mol. The molecule has 3 N–H and O–H groups in total. The van der Waals surface area contributed by atoms with E-state index in [1.165, 1.54) is 6.20 Å². The number of carbonyl (C=O) groups is 1. The Bertz CT molecular complexity index is 867. The summed E-state index contributed by atoms with van der Waals surface area (Å²) in [5.41, 5.74) is 1.96. The van der Waals surface area contributed by atoms with E-state index in [0.29, 0.717) is 41.2 Å². The van der Waals surface area contributed by atoms with E-state index in [1.54, 1.807) is 18.3 Å². The molecule has 1 aliphatic heterocycles. The lowest BCUT2D eigenvalue weighted by Gasteiger charge is -2.26. The SMILES string of the molecule is C=C(Oc1cc(C)c(Cl)cc1NC(=O)Nc1cnc(C)cn1)[C@H]1CNCCO1. The summed E-state index contributed by atoms with van der Waals surface area (Å²) in [6, 6.07) is 2.87. The zero-order valence-electron chi connectivity index (χ0n) is 15.7. The van der Waals surface area contributed by atoms with Crippen LogP contribution in [0.3, 0.4) is 0 Å². The van der Waals surface area contributed by atoms with Gasteiger partial charge in [-0.2, -0.15) is 0 Å². The first kappa shape index (κ1) is 20.1. The molecule has 0 radical (unpaired) electrons. The number of carbonyl (C=O) groups excluding carboxylic acids is 1. The number of morpholine rings is 1. The van der Waals surface area contributed by atoms with Gasteiger partial charge in [0.05, 0.1) is 30.4 Å². The van der Waals surface area contributed by atoms with Crippen molar-refractivity contribution in [3.63, 3.8) is 0 Å². The van der Waals surface area contributed by atoms with Crippen molar-refractivity contribution in [2.24, 2.45) is 0 Å². The standard InChI is InChI=1S/C19H22ClN5O3/c1-11-6-16(28-13(3)17-9-21-4-5-27-17)15(7-14(11)20)24-19(26)25-18-10-22-12(2)8-23-18/h6-8,10,17,21H,3-5,9H2,1-2H3,(H2,23,24,25,26)/t17-/m1/s1. The summed E-state index contributed by atoms with van der Waals surface area (Å²) >= 11 is 6.23.